The largest absolute Gasteiger partial charge is 0.320 e. The van der Waals surface area contributed by atoms with Crippen molar-refractivity contribution in [3.8, 4) is 0 Å². The van der Waals surface area contributed by atoms with Crippen LogP contribution < -0.4 is 5.73 Å². The highest BCUT2D eigenvalue weighted by Crippen LogP contribution is 2.28. The lowest BCUT2D eigenvalue weighted by Crippen LogP contribution is -2.12. The summed E-state index contributed by atoms with van der Waals surface area (Å²) in [6.07, 6.45) is 0. The topological polar surface area (TPSA) is 26.0 Å². The van der Waals surface area contributed by atoms with Crippen LogP contribution in [0.5, 0.6) is 0 Å². The van der Waals surface area contributed by atoms with Crippen LogP contribution in [0.2, 0.25) is 5.02 Å². The molecule has 0 aliphatic heterocycles. The molecule has 1 nitrogen and oxygen atoms in total. The summed E-state index contributed by atoms with van der Waals surface area (Å²) in [5.41, 5.74) is 8.00. The summed E-state index contributed by atoms with van der Waals surface area (Å²) in [7, 11) is 0. The molecule has 2 N–H and O–H groups in total. The third kappa shape index (κ3) is 2.12. The van der Waals surface area contributed by atoms with Crippen molar-refractivity contribution in [2.45, 2.75) is 13.0 Å². The van der Waals surface area contributed by atoms with E-state index < -0.39 is 5.82 Å². The van der Waals surface area contributed by atoms with Gasteiger partial charge < -0.3 is 5.73 Å². The first-order valence-corrected chi connectivity index (χ1v) is 6.10. The molecule has 0 bridgehead atoms. The number of hydrogen-bond donors (Lipinski definition) is 1. The van der Waals surface area contributed by atoms with Crippen LogP contribution in [0.3, 0.4) is 0 Å². The summed E-state index contributed by atoms with van der Waals surface area (Å²) in [4.78, 5) is 1.17. The zero-order chi connectivity index (χ0) is 11.7. The average Bonchev–Trinajstić information content (AvgIpc) is 2.67. The Morgan fingerprint density at radius 3 is 2.69 bits per heavy atom. The normalized spacial score (nSPS) is 12.8. The van der Waals surface area contributed by atoms with E-state index in [4.69, 9.17) is 17.3 Å². The van der Waals surface area contributed by atoms with E-state index in [1.807, 2.05) is 18.4 Å². The third-order valence-corrected chi connectivity index (χ3v) is 3.69. The zero-order valence-corrected chi connectivity index (χ0v) is 10.3. The first-order valence-electron chi connectivity index (χ1n) is 4.84. The van der Waals surface area contributed by atoms with E-state index in [-0.39, 0.29) is 11.1 Å². The molecule has 0 radical (unpaired) electrons. The summed E-state index contributed by atoms with van der Waals surface area (Å²) in [5.74, 6) is -0.417. The van der Waals surface area contributed by atoms with Crippen molar-refractivity contribution < 1.29 is 4.39 Å². The maximum Gasteiger partial charge on any atom is 0.141 e. The van der Waals surface area contributed by atoms with Gasteiger partial charge in [-0.2, -0.15) is 0 Å². The van der Waals surface area contributed by atoms with E-state index in [0.29, 0.717) is 0 Å². The Kier molecular flexibility index (Phi) is 3.28. The number of rotatable bonds is 2. The molecule has 0 aliphatic carbocycles. The number of thiophene rings is 1. The Hall–Kier alpha value is -0.900. The van der Waals surface area contributed by atoms with Crippen LogP contribution in [0.25, 0.3) is 0 Å². The summed E-state index contributed by atoms with van der Waals surface area (Å²) >= 11 is 7.38. The number of halogens is 2. The second-order valence-electron chi connectivity index (χ2n) is 3.58. The highest BCUT2D eigenvalue weighted by Gasteiger charge is 2.13. The Morgan fingerprint density at radius 2 is 2.12 bits per heavy atom. The maximum atomic E-state index is 13.0. The van der Waals surface area contributed by atoms with Crippen LogP contribution in [0.15, 0.2) is 29.6 Å². The van der Waals surface area contributed by atoms with Crippen LogP contribution in [0, 0.1) is 12.7 Å². The Bertz CT molecular complexity index is 509. The van der Waals surface area contributed by atoms with Crippen molar-refractivity contribution in [2.75, 3.05) is 0 Å². The molecule has 2 aromatic rings. The van der Waals surface area contributed by atoms with Gasteiger partial charge in [-0.15, -0.1) is 11.3 Å². The second-order valence-corrected chi connectivity index (χ2v) is 5.11. The van der Waals surface area contributed by atoms with Gasteiger partial charge in [0, 0.05) is 4.88 Å². The molecule has 2 rings (SSSR count). The van der Waals surface area contributed by atoms with Gasteiger partial charge in [-0.1, -0.05) is 17.7 Å². The van der Waals surface area contributed by atoms with Gasteiger partial charge in [0.2, 0.25) is 0 Å². The van der Waals surface area contributed by atoms with E-state index in [9.17, 15) is 4.39 Å². The minimum atomic E-state index is -0.417. The molecule has 0 aliphatic rings. The molecule has 1 aromatic heterocycles. The lowest BCUT2D eigenvalue weighted by atomic mass is 10.0. The quantitative estimate of drug-likeness (QED) is 0.866. The molecule has 0 fully saturated rings. The summed E-state index contributed by atoms with van der Waals surface area (Å²) in [6.45, 7) is 2.02. The number of nitrogens with two attached hydrogens (primary N) is 1. The van der Waals surface area contributed by atoms with Crippen molar-refractivity contribution in [1.29, 1.82) is 0 Å². The van der Waals surface area contributed by atoms with Crippen LogP contribution in [-0.2, 0) is 0 Å². The third-order valence-electron chi connectivity index (χ3n) is 2.54. The molecule has 0 saturated carbocycles. The van der Waals surface area contributed by atoms with Crippen LogP contribution in [0.4, 0.5) is 4.39 Å². The molecule has 16 heavy (non-hydrogen) atoms. The minimum Gasteiger partial charge on any atom is -0.320 e. The van der Waals surface area contributed by atoms with Gasteiger partial charge in [0.25, 0.3) is 0 Å². The van der Waals surface area contributed by atoms with E-state index in [2.05, 4.69) is 0 Å². The highest BCUT2D eigenvalue weighted by atomic mass is 35.5. The Morgan fingerprint density at radius 1 is 1.38 bits per heavy atom. The SMILES string of the molecule is Cc1sccc1C(N)c1ccc(F)c(Cl)c1. The lowest BCUT2D eigenvalue weighted by Gasteiger charge is -2.12. The van der Waals surface area contributed by atoms with E-state index >= 15 is 0 Å². The zero-order valence-electron chi connectivity index (χ0n) is 8.71. The van der Waals surface area contributed by atoms with Gasteiger partial charge in [-0.3, -0.25) is 0 Å². The van der Waals surface area contributed by atoms with Crippen molar-refractivity contribution in [3.05, 3.63) is 56.5 Å². The summed E-state index contributed by atoms with van der Waals surface area (Å²) in [6, 6.07) is 6.34. The smallest absolute Gasteiger partial charge is 0.141 e. The first kappa shape index (κ1) is 11.6. The van der Waals surface area contributed by atoms with E-state index in [0.717, 1.165) is 11.1 Å². The molecular formula is C12H11ClFNS. The van der Waals surface area contributed by atoms with Gasteiger partial charge >= 0.3 is 0 Å². The van der Waals surface area contributed by atoms with Crippen molar-refractivity contribution >= 4 is 22.9 Å². The predicted molar refractivity (Wildman–Crippen MR) is 66.5 cm³/mol. The molecule has 1 atom stereocenters. The van der Waals surface area contributed by atoms with Gasteiger partial charge in [0.05, 0.1) is 11.1 Å². The van der Waals surface area contributed by atoms with Crippen molar-refractivity contribution in [3.63, 3.8) is 0 Å². The number of aryl methyl sites for hydroxylation is 1. The van der Waals surface area contributed by atoms with Gasteiger partial charge in [-0.05, 0) is 41.6 Å². The number of hydrogen-bond acceptors (Lipinski definition) is 2. The van der Waals surface area contributed by atoms with Crippen LogP contribution >= 0.6 is 22.9 Å². The highest BCUT2D eigenvalue weighted by molar-refractivity contribution is 7.10. The van der Waals surface area contributed by atoms with Crippen LogP contribution in [-0.4, -0.2) is 0 Å². The maximum absolute atomic E-state index is 13.0. The average molecular weight is 256 g/mol. The molecule has 0 saturated heterocycles. The Labute approximate surface area is 103 Å². The van der Waals surface area contributed by atoms with Crippen molar-refractivity contribution in [1.82, 2.24) is 0 Å². The fourth-order valence-corrected chi connectivity index (χ4v) is 2.54. The molecule has 1 aromatic carbocycles. The lowest BCUT2D eigenvalue weighted by molar-refractivity contribution is 0.627. The molecule has 1 heterocycles. The van der Waals surface area contributed by atoms with Gasteiger partial charge in [0.1, 0.15) is 5.82 Å². The first-order chi connectivity index (χ1) is 7.59. The minimum absolute atomic E-state index is 0.112. The summed E-state index contributed by atoms with van der Waals surface area (Å²) < 4.78 is 13.0. The van der Waals surface area contributed by atoms with Crippen molar-refractivity contribution in [2.24, 2.45) is 5.73 Å². The monoisotopic (exact) mass is 255 g/mol. The second kappa shape index (κ2) is 4.53. The number of benzene rings is 1. The van der Waals surface area contributed by atoms with Crippen LogP contribution in [0.1, 0.15) is 22.0 Å². The summed E-state index contributed by atoms with van der Waals surface area (Å²) in [5, 5.41) is 2.11. The standard InChI is InChI=1S/C12H11ClFNS/c1-7-9(4-5-16-7)12(15)8-2-3-11(14)10(13)6-8/h2-6,12H,15H2,1H3. The fraction of sp³-hybridized carbons (Fsp3) is 0.167. The molecule has 4 heteroatoms. The predicted octanol–water partition coefficient (Wildman–Crippen LogP) is 3.90. The fourth-order valence-electron chi connectivity index (χ4n) is 1.60. The molecule has 1 unspecified atom stereocenters. The van der Waals surface area contributed by atoms with E-state index in [1.165, 1.54) is 10.9 Å². The molecule has 84 valence electrons. The van der Waals surface area contributed by atoms with Gasteiger partial charge in [0.15, 0.2) is 0 Å². The van der Waals surface area contributed by atoms with E-state index in [1.54, 1.807) is 23.5 Å². The molecular weight excluding hydrogens is 245 g/mol. The van der Waals surface area contributed by atoms with Gasteiger partial charge in [-0.25, -0.2) is 4.39 Å². The Balaban J connectivity index is 2.38. The molecule has 0 spiro atoms. The molecule has 0 amide bonds.